The molecule has 4 aromatic rings. The topological polar surface area (TPSA) is 98.2 Å². The molecule has 0 bridgehead atoms. The summed E-state index contributed by atoms with van der Waals surface area (Å²) in [4.78, 5) is 0. The Morgan fingerprint density at radius 1 is 0.453 bits per heavy atom. The normalized spacial score (nSPS) is 22.3. The van der Waals surface area contributed by atoms with E-state index in [9.17, 15) is 0 Å². The van der Waals surface area contributed by atoms with Gasteiger partial charge in [-0.2, -0.15) is 0 Å². The fourth-order valence-electron chi connectivity index (χ4n) is 6.22. The quantitative estimate of drug-likeness (QED) is 0.100. The van der Waals surface area contributed by atoms with Crippen LogP contribution in [0, 0.1) is 10.8 Å². The average Bonchev–Trinajstić information content (AvgIpc) is 3.21. The van der Waals surface area contributed by atoms with Crippen LogP contribution in [0.3, 0.4) is 0 Å². The summed E-state index contributed by atoms with van der Waals surface area (Å²) < 4.78 is 31.9. The van der Waals surface area contributed by atoms with Gasteiger partial charge in [0.2, 0.25) is 0 Å². The van der Waals surface area contributed by atoms with Gasteiger partial charge in [0.05, 0.1) is 24.0 Å². The van der Waals surface area contributed by atoms with Crippen molar-refractivity contribution in [2.75, 3.05) is 13.2 Å². The second kappa shape index (κ2) is 17.8. The molecule has 0 saturated heterocycles. The minimum atomic E-state index is -0.803. The molecule has 7 heteroatoms. The molecule has 6 rings (SSSR count). The van der Waals surface area contributed by atoms with Crippen LogP contribution in [0.2, 0.25) is 0 Å². The lowest BCUT2D eigenvalue weighted by atomic mass is 9.76. The monoisotopic (exact) mass is 708 g/mol. The van der Waals surface area contributed by atoms with E-state index in [0.717, 1.165) is 22.3 Å². The summed E-state index contributed by atoms with van der Waals surface area (Å²) >= 11 is 0. The summed E-state index contributed by atoms with van der Waals surface area (Å²) in [5, 5.41) is 0. The van der Waals surface area contributed by atoms with E-state index in [1.54, 1.807) is 0 Å². The first-order valence-corrected chi connectivity index (χ1v) is 17.8. The Labute approximate surface area is 313 Å². The molecule has 4 aromatic carbocycles. The fraction of sp³-hybridized carbons (Fsp3) is 0.217. The predicted octanol–water partition coefficient (Wildman–Crippen LogP) is 8.43. The molecule has 0 spiro atoms. The Hall–Kier alpha value is -5.60. The molecule has 7 nitrogen and oxygen atoms in total. The zero-order valence-electron chi connectivity index (χ0n) is 30.0. The van der Waals surface area contributed by atoms with Gasteiger partial charge in [0.1, 0.15) is 26.4 Å². The standard InChI is InChI=1S/C46H48N2O5/c1-3-45(27-41(52-31-37-21-13-7-14-22-37)39(25-43(45)47)50-29-35-17-9-5-10-18-35)33-49-34-46(4-2)28-42(53-32-38-23-15-8-16-24-38)40(26-44(46)48)51-30-36-19-11-6-12-20-36/h3-28,43-44H,1-2,29-34,47-48H2. The van der Waals surface area contributed by atoms with Crippen molar-refractivity contribution in [3.05, 3.63) is 216 Å². The van der Waals surface area contributed by atoms with Crippen LogP contribution in [0.25, 0.3) is 0 Å². The van der Waals surface area contributed by atoms with Crippen LogP contribution in [0.1, 0.15) is 22.3 Å². The van der Waals surface area contributed by atoms with Gasteiger partial charge in [-0.25, -0.2) is 0 Å². The van der Waals surface area contributed by atoms with E-state index in [-0.39, 0.29) is 13.2 Å². The van der Waals surface area contributed by atoms with E-state index in [2.05, 4.69) is 13.2 Å². The van der Waals surface area contributed by atoms with Crippen molar-refractivity contribution < 1.29 is 23.7 Å². The highest BCUT2D eigenvalue weighted by atomic mass is 16.5. The summed E-state index contributed by atoms with van der Waals surface area (Å²) in [5.74, 6) is 2.29. The van der Waals surface area contributed by atoms with E-state index < -0.39 is 22.9 Å². The van der Waals surface area contributed by atoms with Crippen molar-refractivity contribution in [3.63, 3.8) is 0 Å². The molecule has 4 atom stereocenters. The molecule has 0 heterocycles. The highest BCUT2D eigenvalue weighted by molar-refractivity contribution is 5.38. The van der Waals surface area contributed by atoms with Crippen LogP contribution in [0.4, 0.5) is 0 Å². The van der Waals surface area contributed by atoms with Gasteiger partial charge < -0.3 is 35.2 Å². The van der Waals surface area contributed by atoms with Gasteiger partial charge in [-0.15, -0.1) is 13.2 Å². The number of hydrogen-bond donors (Lipinski definition) is 2. The molecule has 0 amide bonds. The smallest absolute Gasteiger partial charge is 0.159 e. The fourth-order valence-corrected chi connectivity index (χ4v) is 6.22. The van der Waals surface area contributed by atoms with E-state index in [1.165, 1.54) is 0 Å². The first kappa shape index (κ1) is 37.2. The average molecular weight is 709 g/mol. The molecule has 4 N–H and O–H groups in total. The Bertz CT molecular complexity index is 1780. The number of hydrogen-bond acceptors (Lipinski definition) is 7. The summed E-state index contributed by atoms with van der Waals surface area (Å²) in [6, 6.07) is 38.9. The maximum Gasteiger partial charge on any atom is 0.159 e. The zero-order valence-corrected chi connectivity index (χ0v) is 30.0. The lowest BCUT2D eigenvalue weighted by molar-refractivity contribution is 0.0344. The van der Waals surface area contributed by atoms with E-state index in [1.807, 2.05) is 158 Å². The van der Waals surface area contributed by atoms with Crippen LogP contribution in [-0.4, -0.2) is 25.3 Å². The third-order valence-corrected chi connectivity index (χ3v) is 9.60. The van der Waals surface area contributed by atoms with Crippen LogP contribution < -0.4 is 11.5 Å². The predicted molar refractivity (Wildman–Crippen MR) is 209 cm³/mol. The van der Waals surface area contributed by atoms with Gasteiger partial charge >= 0.3 is 0 Å². The van der Waals surface area contributed by atoms with Crippen molar-refractivity contribution in [3.8, 4) is 0 Å². The Balaban J connectivity index is 1.21. The third kappa shape index (κ3) is 9.45. The maximum atomic E-state index is 6.87. The van der Waals surface area contributed by atoms with E-state index in [0.29, 0.717) is 49.5 Å². The third-order valence-electron chi connectivity index (χ3n) is 9.60. The molecule has 2 aliphatic rings. The lowest BCUT2D eigenvalue weighted by Crippen LogP contribution is -2.47. The molecule has 0 fully saturated rings. The molecule has 0 radical (unpaired) electrons. The van der Waals surface area contributed by atoms with Gasteiger partial charge in [0, 0.05) is 12.1 Å². The second-order valence-electron chi connectivity index (χ2n) is 13.4. The molecular formula is C46H48N2O5. The molecule has 0 saturated carbocycles. The van der Waals surface area contributed by atoms with Crippen LogP contribution in [0.15, 0.2) is 194 Å². The highest BCUT2D eigenvalue weighted by Gasteiger charge is 2.41. The van der Waals surface area contributed by atoms with Gasteiger partial charge in [-0.1, -0.05) is 133 Å². The summed E-state index contributed by atoms with van der Waals surface area (Å²) in [6.07, 6.45) is 11.3. The van der Waals surface area contributed by atoms with Gasteiger partial charge in [0.25, 0.3) is 0 Å². The maximum absolute atomic E-state index is 6.87. The number of nitrogens with two attached hydrogens (primary N) is 2. The molecular weight excluding hydrogens is 661 g/mol. The molecule has 272 valence electrons. The summed E-state index contributed by atoms with van der Waals surface area (Å²) in [7, 11) is 0. The van der Waals surface area contributed by atoms with E-state index in [4.69, 9.17) is 35.2 Å². The Kier molecular flexibility index (Phi) is 12.4. The van der Waals surface area contributed by atoms with Gasteiger partial charge in [0.15, 0.2) is 23.0 Å². The minimum absolute atomic E-state index is 0.204. The van der Waals surface area contributed by atoms with Crippen molar-refractivity contribution in [1.82, 2.24) is 0 Å². The van der Waals surface area contributed by atoms with E-state index >= 15 is 0 Å². The molecule has 2 aliphatic carbocycles. The summed E-state index contributed by atoms with van der Waals surface area (Å²) in [5.41, 5.74) is 16.3. The number of rotatable bonds is 18. The first-order chi connectivity index (χ1) is 25.9. The second-order valence-corrected chi connectivity index (χ2v) is 13.4. The van der Waals surface area contributed by atoms with Crippen LogP contribution >= 0.6 is 0 Å². The van der Waals surface area contributed by atoms with Crippen molar-refractivity contribution >= 4 is 0 Å². The van der Waals surface area contributed by atoms with Crippen LogP contribution in [-0.2, 0) is 50.1 Å². The largest absolute Gasteiger partial charge is 0.485 e. The summed E-state index contributed by atoms with van der Waals surface area (Å²) in [6.45, 7) is 10.2. The minimum Gasteiger partial charge on any atom is -0.485 e. The first-order valence-electron chi connectivity index (χ1n) is 17.8. The zero-order chi connectivity index (χ0) is 36.9. The number of benzene rings is 4. The van der Waals surface area contributed by atoms with Gasteiger partial charge in [-0.05, 0) is 46.6 Å². The Morgan fingerprint density at radius 3 is 1.02 bits per heavy atom. The molecule has 53 heavy (non-hydrogen) atoms. The molecule has 4 unspecified atom stereocenters. The Morgan fingerprint density at radius 2 is 0.736 bits per heavy atom. The number of ether oxygens (including phenoxy) is 5. The molecule has 0 aliphatic heterocycles. The van der Waals surface area contributed by atoms with Crippen LogP contribution in [0.5, 0.6) is 0 Å². The van der Waals surface area contributed by atoms with Crippen molar-refractivity contribution in [2.45, 2.75) is 38.5 Å². The van der Waals surface area contributed by atoms with Crippen molar-refractivity contribution in [2.24, 2.45) is 22.3 Å². The van der Waals surface area contributed by atoms with Crippen molar-refractivity contribution in [1.29, 1.82) is 0 Å². The highest BCUT2D eigenvalue weighted by Crippen LogP contribution is 2.39. The lowest BCUT2D eigenvalue weighted by Gasteiger charge is -2.39. The van der Waals surface area contributed by atoms with Gasteiger partial charge in [-0.3, -0.25) is 0 Å². The SMILES string of the molecule is C=CC1(COCC2(C=C)C=C(OCc3ccccc3)C(OCc3ccccc3)=CC2N)C=C(OCc2ccccc2)C(OCc2ccccc2)=CC1N. The molecule has 0 aromatic heterocycles.